The Labute approximate surface area is 144 Å². The topological polar surface area (TPSA) is 75.0 Å². The lowest BCUT2D eigenvalue weighted by atomic mass is 9.49. The van der Waals surface area contributed by atoms with Crippen LogP contribution in [0.15, 0.2) is 23.0 Å². The Hall–Kier alpha value is -1.82. The second kappa shape index (κ2) is 4.29. The SMILES string of the molecule is CC12C[C@H](c3ccoc3)OC13CC(OC3=O)C1C3CC(C[C@H]12)OC3=O. The van der Waals surface area contributed by atoms with Gasteiger partial charge < -0.3 is 18.6 Å². The highest BCUT2D eigenvalue weighted by atomic mass is 16.6. The van der Waals surface area contributed by atoms with E-state index in [1.165, 1.54) is 0 Å². The van der Waals surface area contributed by atoms with Crippen molar-refractivity contribution in [1.29, 1.82) is 0 Å². The summed E-state index contributed by atoms with van der Waals surface area (Å²) in [5.74, 6) is -0.235. The molecule has 4 bridgehead atoms. The average molecular weight is 344 g/mol. The zero-order valence-electron chi connectivity index (χ0n) is 14.0. The number of carbonyl (C=O) groups is 2. The summed E-state index contributed by atoms with van der Waals surface area (Å²) in [6, 6.07) is 1.90. The molecule has 25 heavy (non-hydrogen) atoms. The Morgan fingerprint density at radius 1 is 1.16 bits per heavy atom. The number of hydrogen-bond donors (Lipinski definition) is 0. The van der Waals surface area contributed by atoms with E-state index in [4.69, 9.17) is 18.6 Å². The van der Waals surface area contributed by atoms with E-state index in [0.29, 0.717) is 6.42 Å². The van der Waals surface area contributed by atoms with E-state index < -0.39 is 5.60 Å². The third kappa shape index (κ3) is 1.52. The van der Waals surface area contributed by atoms with Gasteiger partial charge in [-0.25, -0.2) is 4.79 Å². The first-order valence-corrected chi connectivity index (χ1v) is 9.13. The number of rotatable bonds is 1. The quantitative estimate of drug-likeness (QED) is 0.728. The molecule has 0 radical (unpaired) electrons. The van der Waals surface area contributed by atoms with Gasteiger partial charge in [0.2, 0.25) is 0 Å². The predicted molar refractivity (Wildman–Crippen MR) is 82.1 cm³/mol. The van der Waals surface area contributed by atoms with Gasteiger partial charge in [0, 0.05) is 23.3 Å². The molecule has 0 aromatic carbocycles. The van der Waals surface area contributed by atoms with Gasteiger partial charge in [-0.1, -0.05) is 6.92 Å². The molecule has 6 rings (SSSR count). The van der Waals surface area contributed by atoms with Crippen LogP contribution in [0.4, 0.5) is 0 Å². The maximum absolute atomic E-state index is 12.9. The highest BCUT2D eigenvalue weighted by Crippen LogP contribution is 2.69. The summed E-state index contributed by atoms with van der Waals surface area (Å²) in [5, 5.41) is 0. The monoisotopic (exact) mass is 344 g/mol. The third-order valence-electron chi connectivity index (χ3n) is 7.66. The minimum Gasteiger partial charge on any atom is -0.472 e. The van der Waals surface area contributed by atoms with Crippen LogP contribution in [0, 0.1) is 23.2 Å². The van der Waals surface area contributed by atoms with Crippen molar-refractivity contribution in [3.63, 3.8) is 0 Å². The van der Waals surface area contributed by atoms with Crippen LogP contribution in [-0.4, -0.2) is 29.7 Å². The summed E-state index contributed by atoms with van der Waals surface area (Å²) >= 11 is 0. The van der Waals surface area contributed by atoms with E-state index in [9.17, 15) is 9.59 Å². The summed E-state index contributed by atoms with van der Waals surface area (Å²) in [4.78, 5) is 25.2. The van der Waals surface area contributed by atoms with E-state index in [1.54, 1.807) is 12.5 Å². The van der Waals surface area contributed by atoms with Crippen molar-refractivity contribution in [2.24, 2.45) is 23.2 Å². The first kappa shape index (κ1) is 14.4. The number of carbonyl (C=O) groups excluding carboxylic acids is 2. The second-order valence-electron chi connectivity index (χ2n) is 8.58. The summed E-state index contributed by atoms with van der Waals surface area (Å²) in [6.07, 6.45) is 5.75. The fourth-order valence-electron chi connectivity index (χ4n) is 6.54. The van der Waals surface area contributed by atoms with Crippen molar-refractivity contribution in [3.05, 3.63) is 24.2 Å². The van der Waals surface area contributed by atoms with E-state index in [0.717, 1.165) is 24.8 Å². The molecule has 3 aliphatic heterocycles. The molecule has 2 saturated carbocycles. The molecule has 1 aromatic rings. The number of hydrogen-bond acceptors (Lipinski definition) is 6. The van der Waals surface area contributed by atoms with Crippen molar-refractivity contribution >= 4 is 11.9 Å². The normalized spacial score (nSPS) is 52.5. The maximum Gasteiger partial charge on any atom is 0.339 e. The van der Waals surface area contributed by atoms with Crippen LogP contribution in [0.25, 0.3) is 0 Å². The molecular weight excluding hydrogens is 324 g/mol. The molecule has 2 aliphatic carbocycles. The van der Waals surface area contributed by atoms with Crippen LogP contribution in [0.2, 0.25) is 0 Å². The average Bonchev–Trinajstić information content (AvgIpc) is 3.31. The lowest BCUT2D eigenvalue weighted by molar-refractivity contribution is -0.169. The number of furan rings is 1. The molecular formula is C19H20O6. The van der Waals surface area contributed by atoms with Gasteiger partial charge in [-0.15, -0.1) is 0 Å². The fourth-order valence-corrected chi connectivity index (χ4v) is 6.54. The molecule has 6 heteroatoms. The van der Waals surface area contributed by atoms with E-state index in [2.05, 4.69) is 6.92 Å². The van der Waals surface area contributed by atoms with Crippen molar-refractivity contribution in [2.45, 2.75) is 56.5 Å². The summed E-state index contributed by atoms with van der Waals surface area (Å²) in [5.41, 5.74) is -0.293. The Bertz CT molecular complexity index is 771. The fraction of sp³-hybridized carbons (Fsp3) is 0.684. The minimum absolute atomic E-state index is 0.0202. The van der Waals surface area contributed by atoms with Crippen LogP contribution in [0.5, 0.6) is 0 Å². The molecule has 0 amide bonds. The molecule has 8 atom stereocenters. The highest BCUT2D eigenvalue weighted by Gasteiger charge is 2.76. The Balaban J connectivity index is 1.48. The lowest BCUT2D eigenvalue weighted by Gasteiger charge is -2.51. The Kier molecular flexibility index (Phi) is 2.46. The number of fused-ring (bicyclic) bond motifs is 7. The van der Waals surface area contributed by atoms with Crippen molar-refractivity contribution in [3.8, 4) is 0 Å². The summed E-state index contributed by atoms with van der Waals surface area (Å²) < 4.78 is 23.0. The zero-order chi connectivity index (χ0) is 17.0. The second-order valence-corrected chi connectivity index (χ2v) is 8.58. The third-order valence-corrected chi connectivity index (χ3v) is 7.66. The maximum atomic E-state index is 12.9. The molecule has 0 N–H and O–H groups in total. The van der Waals surface area contributed by atoms with E-state index in [1.807, 2.05) is 6.07 Å². The van der Waals surface area contributed by atoms with Gasteiger partial charge in [-0.3, -0.25) is 4.79 Å². The molecule has 6 unspecified atom stereocenters. The van der Waals surface area contributed by atoms with Crippen LogP contribution in [-0.2, 0) is 23.8 Å². The molecule has 132 valence electrons. The van der Waals surface area contributed by atoms with Crippen molar-refractivity contribution < 1.29 is 28.2 Å². The van der Waals surface area contributed by atoms with Gasteiger partial charge in [0.05, 0.1) is 24.5 Å². The molecule has 3 saturated heterocycles. The standard InChI is InChI=1S/C19H20O6/c1-18-6-13(9-2-3-22-8-9)25-19(18)7-14(24-17(19)21)15-11-4-10(5-12(15)18)23-16(11)20/h2-3,8,10-15H,4-7H2,1H3/t10?,11?,12-,13-,14?,15?,18?,19?/m1/s1. The van der Waals surface area contributed by atoms with Gasteiger partial charge >= 0.3 is 11.9 Å². The molecule has 5 aliphatic rings. The lowest BCUT2D eigenvalue weighted by Crippen LogP contribution is -2.59. The van der Waals surface area contributed by atoms with Crippen molar-refractivity contribution in [2.75, 3.05) is 0 Å². The molecule has 1 spiro atoms. The van der Waals surface area contributed by atoms with Crippen LogP contribution in [0.3, 0.4) is 0 Å². The molecule has 4 heterocycles. The van der Waals surface area contributed by atoms with Gasteiger partial charge in [-0.2, -0.15) is 0 Å². The zero-order valence-corrected chi connectivity index (χ0v) is 14.0. The van der Waals surface area contributed by atoms with Gasteiger partial charge in [0.25, 0.3) is 0 Å². The molecule has 5 fully saturated rings. The highest BCUT2D eigenvalue weighted by molar-refractivity contribution is 5.85. The first-order valence-electron chi connectivity index (χ1n) is 9.13. The summed E-state index contributed by atoms with van der Waals surface area (Å²) in [6.45, 7) is 2.16. The van der Waals surface area contributed by atoms with Gasteiger partial charge in [0.1, 0.15) is 12.2 Å². The Morgan fingerprint density at radius 2 is 2.04 bits per heavy atom. The molecule has 1 aromatic heterocycles. The minimum atomic E-state index is -0.902. The van der Waals surface area contributed by atoms with Crippen LogP contribution in [0.1, 0.15) is 44.3 Å². The van der Waals surface area contributed by atoms with E-state index in [-0.39, 0.29) is 53.4 Å². The summed E-state index contributed by atoms with van der Waals surface area (Å²) in [7, 11) is 0. The number of ether oxygens (including phenoxy) is 3. The number of esters is 2. The molecule has 6 nitrogen and oxygen atoms in total. The van der Waals surface area contributed by atoms with Gasteiger partial charge in [0.15, 0.2) is 5.60 Å². The predicted octanol–water partition coefficient (Wildman–Crippen LogP) is 2.38. The van der Waals surface area contributed by atoms with Gasteiger partial charge in [-0.05, 0) is 31.2 Å². The van der Waals surface area contributed by atoms with Crippen molar-refractivity contribution in [1.82, 2.24) is 0 Å². The van der Waals surface area contributed by atoms with Crippen LogP contribution < -0.4 is 0 Å². The van der Waals surface area contributed by atoms with Crippen LogP contribution >= 0.6 is 0 Å². The Morgan fingerprint density at radius 3 is 2.84 bits per heavy atom. The van der Waals surface area contributed by atoms with E-state index >= 15 is 0 Å². The largest absolute Gasteiger partial charge is 0.472 e. The first-order chi connectivity index (χ1) is 12.0. The smallest absolute Gasteiger partial charge is 0.339 e.